The van der Waals surface area contributed by atoms with Crippen molar-refractivity contribution in [2.45, 2.75) is 6.61 Å². The van der Waals surface area contributed by atoms with Gasteiger partial charge in [0.15, 0.2) is 11.5 Å². The van der Waals surface area contributed by atoms with Crippen molar-refractivity contribution < 1.29 is 9.47 Å². The Balaban J connectivity index is 1.42. The van der Waals surface area contributed by atoms with Crippen LogP contribution in [0.1, 0.15) is 11.1 Å². The van der Waals surface area contributed by atoms with E-state index in [1.54, 1.807) is 36.8 Å². The monoisotopic (exact) mass is 457 g/mol. The SMILES string of the molecule is COc1cc(/C=N\Nc2nc3ccccc3s2)ccc1OCc1ccc(Cl)cc1Cl. The molecular formula is C22H17Cl2N3O2S. The molecule has 1 N–H and O–H groups in total. The molecular weight excluding hydrogens is 441 g/mol. The highest BCUT2D eigenvalue weighted by molar-refractivity contribution is 7.22. The van der Waals surface area contributed by atoms with Gasteiger partial charge >= 0.3 is 0 Å². The first kappa shape index (κ1) is 20.5. The number of halogens is 2. The van der Waals surface area contributed by atoms with Crippen LogP contribution in [0, 0.1) is 0 Å². The topological polar surface area (TPSA) is 55.7 Å². The number of thiazole rings is 1. The van der Waals surface area contributed by atoms with Gasteiger partial charge in [0.2, 0.25) is 5.13 Å². The lowest BCUT2D eigenvalue weighted by atomic mass is 10.2. The van der Waals surface area contributed by atoms with Crippen LogP contribution in [0.4, 0.5) is 5.13 Å². The first-order chi connectivity index (χ1) is 14.6. The summed E-state index contributed by atoms with van der Waals surface area (Å²) in [4.78, 5) is 4.49. The van der Waals surface area contributed by atoms with Gasteiger partial charge in [0, 0.05) is 15.6 Å². The molecule has 0 bridgehead atoms. The van der Waals surface area contributed by atoms with Crippen molar-refractivity contribution in [2.75, 3.05) is 12.5 Å². The molecule has 0 aliphatic rings. The van der Waals surface area contributed by atoms with Crippen LogP contribution in [0.2, 0.25) is 10.0 Å². The molecule has 0 aliphatic carbocycles. The highest BCUT2D eigenvalue weighted by Gasteiger charge is 2.08. The molecule has 0 radical (unpaired) electrons. The van der Waals surface area contributed by atoms with Gasteiger partial charge in [0.1, 0.15) is 6.61 Å². The molecule has 0 spiro atoms. The first-order valence-corrected chi connectivity index (χ1v) is 10.6. The molecule has 30 heavy (non-hydrogen) atoms. The van der Waals surface area contributed by atoms with Crippen LogP contribution >= 0.6 is 34.5 Å². The standard InChI is InChI=1S/C22H17Cl2N3O2S/c1-28-20-10-14(12-25-27-22-26-18-4-2-3-5-21(18)30-22)6-9-19(20)29-13-15-7-8-16(23)11-17(15)24/h2-12H,13H2,1H3,(H,26,27)/b25-12-. The third-order valence-corrected chi connectivity index (χ3v) is 5.78. The van der Waals surface area contributed by atoms with Gasteiger partial charge in [-0.05, 0) is 48.0 Å². The van der Waals surface area contributed by atoms with E-state index in [9.17, 15) is 0 Å². The Kier molecular flexibility index (Phi) is 6.38. The third-order valence-electron chi connectivity index (χ3n) is 4.25. The minimum Gasteiger partial charge on any atom is -0.493 e. The van der Waals surface area contributed by atoms with Gasteiger partial charge in [-0.3, -0.25) is 5.43 Å². The minimum absolute atomic E-state index is 0.305. The summed E-state index contributed by atoms with van der Waals surface area (Å²) in [5, 5.41) is 6.16. The van der Waals surface area contributed by atoms with Gasteiger partial charge in [-0.2, -0.15) is 5.10 Å². The van der Waals surface area contributed by atoms with Gasteiger partial charge in [0.05, 0.1) is 23.5 Å². The number of aromatic nitrogens is 1. The molecule has 3 aromatic carbocycles. The zero-order chi connectivity index (χ0) is 20.9. The fourth-order valence-electron chi connectivity index (χ4n) is 2.76. The molecule has 0 saturated heterocycles. The molecule has 1 heterocycles. The highest BCUT2D eigenvalue weighted by Crippen LogP contribution is 2.30. The Labute approximate surface area is 187 Å². The predicted molar refractivity (Wildman–Crippen MR) is 125 cm³/mol. The molecule has 0 unspecified atom stereocenters. The van der Waals surface area contributed by atoms with Crippen LogP contribution in [-0.4, -0.2) is 18.3 Å². The molecule has 0 aliphatic heterocycles. The molecule has 0 fully saturated rings. The Morgan fingerprint density at radius 3 is 2.73 bits per heavy atom. The van der Waals surface area contributed by atoms with Crippen molar-refractivity contribution >= 4 is 56.1 Å². The Morgan fingerprint density at radius 1 is 1.07 bits per heavy atom. The molecule has 4 rings (SSSR count). The lowest BCUT2D eigenvalue weighted by Gasteiger charge is -2.12. The maximum atomic E-state index is 6.20. The van der Waals surface area contributed by atoms with E-state index in [4.69, 9.17) is 32.7 Å². The molecule has 5 nitrogen and oxygen atoms in total. The molecule has 4 aromatic rings. The summed E-state index contributed by atoms with van der Waals surface area (Å²) in [6.45, 7) is 0.305. The molecule has 0 amide bonds. The highest BCUT2D eigenvalue weighted by atomic mass is 35.5. The number of fused-ring (bicyclic) bond motifs is 1. The number of hydrogen-bond acceptors (Lipinski definition) is 6. The zero-order valence-electron chi connectivity index (χ0n) is 15.9. The van der Waals surface area contributed by atoms with Crippen molar-refractivity contribution in [3.8, 4) is 11.5 Å². The van der Waals surface area contributed by atoms with E-state index >= 15 is 0 Å². The maximum absolute atomic E-state index is 6.20. The van der Waals surface area contributed by atoms with Gasteiger partial charge in [0.25, 0.3) is 0 Å². The van der Waals surface area contributed by atoms with Crippen LogP contribution in [0.5, 0.6) is 11.5 Å². The number of benzene rings is 3. The van der Waals surface area contributed by atoms with E-state index in [2.05, 4.69) is 15.5 Å². The van der Waals surface area contributed by atoms with Crippen molar-refractivity contribution in [3.63, 3.8) is 0 Å². The summed E-state index contributed by atoms with van der Waals surface area (Å²) >= 11 is 13.7. The van der Waals surface area contributed by atoms with Gasteiger partial charge in [-0.25, -0.2) is 4.98 Å². The van der Waals surface area contributed by atoms with Crippen LogP contribution in [-0.2, 0) is 6.61 Å². The minimum atomic E-state index is 0.305. The molecule has 152 valence electrons. The van der Waals surface area contributed by atoms with Crippen molar-refractivity contribution in [2.24, 2.45) is 5.10 Å². The Hall–Kier alpha value is -2.80. The number of nitrogens with one attached hydrogen (secondary N) is 1. The number of hydrogen-bond donors (Lipinski definition) is 1. The number of hydrazone groups is 1. The van der Waals surface area contributed by atoms with Crippen LogP contribution in [0.3, 0.4) is 0 Å². The second kappa shape index (κ2) is 9.34. The normalized spacial score (nSPS) is 11.2. The number of nitrogens with zero attached hydrogens (tertiary/aromatic N) is 2. The summed E-state index contributed by atoms with van der Waals surface area (Å²) < 4.78 is 12.4. The van der Waals surface area contributed by atoms with E-state index in [1.807, 2.05) is 48.5 Å². The quantitative estimate of drug-likeness (QED) is 0.249. The summed E-state index contributed by atoms with van der Waals surface area (Å²) in [6.07, 6.45) is 1.70. The second-order valence-corrected chi connectivity index (χ2v) is 8.17. The van der Waals surface area contributed by atoms with Crippen LogP contribution in [0.15, 0.2) is 65.8 Å². The summed E-state index contributed by atoms with van der Waals surface area (Å²) in [7, 11) is 1.59. The average Bonchev–Trinajstić information content (AvgIpc) is 3.16. The third kappa shape index (κ3) is 4.84. The van der Waals surface area contributed by atoms with Gasteiger partial charge < -0.3 is 9.47 Å². The Morgan fingerprint density at radius 2 is 1.93 bits per heavy atom. The first-order valence-electron chi connectivity index (χ1n) is 9.02. The number of ether oxygens (including phenoxy) is 2. The molecule has 0 saturated carbocycles. The lowest BCUT2D eigenvalue weighted by Crippen LogP contribution is -1.99. The summed E-state index contributed by atoms with van der Waals surface area (Å²) in [5.74, 6) is 1.21. The number of methoxy groups -OCH3 is 1. The average molecular weight is 458 g/mol. The van der Waals surface area contributed by atoms with Crippen molar-refractivity contribution in [3.05, 3.63) is 81.8 Å². The van der Waals surface area contributed by atoms with E-state index in [-0.39, 0.29) is 0 Å². The van der Waals surface area contributed by atoms with Crippen LogP contribution in [0.25, 0.3) is 10.2 Å². The predicted octanol–water partition coefficient (Wildman–Crippen LogP) is 6.64. The van der Waals surface area contributed by atoms with E-state index in [0.29, 0.717) is 28.2 Å². The summed E-state index contributed by atoms with van der Waals surface area (Å²) in [6, 6.07) is 18.8. The summed E-state index contributed by atoms with van der Waals surface area (Å²) in [5.41, 5.74) is 5.62. The van der Waals surface area contributed by atoms with Gasteiger partial charge in [-0.15, -0.1) is 0 Å². The second-order valence-electron chi connectivity index (χ2n) is 6.29. The van der Waals surface area contributed by atoms with E-state index in [0.717, 1.165) is 26.5 Å². The smallest absolute Gasteiger partial charge is 0.204 e. The largest absolute Gasteiger partial charge is 0.493 e. The maximum Gasteiger partial charge on any atom is 0.204 e. The molecule has 1 aromatic heterocycles. The van der Waals surface area contributed by atoms with Gasteiger partial charge in [-0.1, -0.05) is 52.7 Å². The molecule has 0 atom stereocenters. The number of anilines is 1. The van der Waals surface area contributed by atoms with Crippen LogP contribution < -0.4 is 14.9 Å². The van der Waals surface area contributed by atoms with E-state index < -0.39 is 0 Å². The van der Waals surface area contributed by atoms with E-state index in [1.165, 1.54) is 0 Å². The van der Waals surface area contributed by atoms with Crippen molar-refractivity contribution in [1.82, 2.24) is 4.98 Å². The van der Waals surface area contributed by atoms with Crippen molar-refractivity contribution in [1.29, 1.82) is 0 Å². The molecule has 8 heteroatoms. The fourth-order valence-corrected chi connectivity index (χ4v) is 4.04. The lowest BCUT2D eigenvalue weighted by molar-refractivity contribution is 0.284. The number of rotatable bonds is 7. The Bertz CT molecular complexity index is 1180. The fraction of sp³-hybridized carbons (Fsp3) is 0.0909. The number of para-hydroxylation sites is 1. The zero-order valence-corrected chi connectivity index (χ0v) is 18.3.